The minimum atomic E-state index is -0.236. The monoisotopic (exact) mass is 273 g/mol. The Kier molecular flexibility index (Phi) is 4.48. The number of nitrogens with one attached hydrogen (secondary N) is 1. The number of nitriles is 1. The van der Waals surface area contributed by atoms with Crippen molar-refractivity contribution in [1.29, 1.82) is 5.26 Å². The van der Waals surface area contributed by atoms with E-state index < -0.39 is 0 Å². The van der Waals surface area contributed by atoms with Crippen LogP contribution in [0.5, 0.6) is 5.75 Å². The highest BCUT2D eigenvalue weighted by Gasteiger charge is 2.11. The third-order valence-electron chi connectivity index (χ3n) is 2.36. The first-order valence-electron chi connectivity index (χ1n) is 5.56. The molecule has 0 bridgehead atoms. The molecule has 1 aromatic carbocycles. The number of ether oxygens (including phenoxy) is 1. The van der Waals surface area contributed by atoms with Gasteiger partial charge in [-0.15, -0.1) is 0 Å². The second kappa shape index (κ2) is 6.52. The van der Waals surface area contributed by atoms with Crippen molar-refractivity contribution in [2.75, 3.05) is 6.61 Å². The van der Waals surface area contributed by atoms with Gasteiger partial charge in [-0.3, -0.25) is 4.79 Å². The highest BCUT2D eigenvalue weighted by molar-refractivity contribution is 7.03. The number of benzene rings is 1. The number of nitrogens with zero attached hydrogens (tertiary/aromatic N) is 2. The first kappa shape index (κ1) is 13.1. The van der Waals surface area contributed by atoms with Gasteiger partial charge in [-0.25, -0.2) is 4.37 Å². The topological polar surface area (TPSA) is 75.0 Å². The molecule has 19 heavy (non-hydrogen) atoms. The summed E-state index contributed by atoms with van der Waals surface area (Å²) in [6.45, 7) is 0.334. The molecule has 0 spiro atoms. The van der Waals surface area contributed by atoms with Crippen LogP contribution in [0.15, 0.2) is 35.8 Å². The molecule has 2 rings (SSSR count). The van der Waals surface area contributed by atoms with E-state index >= 15 is 0 Å². The van der Waals surface area contributed by atoms with E-state index in [2.05, 4.69) is 9.69 Å². The Labute approximate surface area is 114 Å². The Morgan fingerprint density at radius 3 is 3.05 bits per heavy atom. The summed E-state index contributed by atoms with van der Waals surface area (Å²) in [5.74, 6) is 0.171. The van der Waals surface area contributed by atoms with Crippen LogP contribution in [0.2, 0.25) is 0 Å². The Hall–Kier alpha value is -2.39. The van der Waals surface area contributed by atoms with Crippen LogP contribution in [0.1, 0.15) is 15.9 Å². The molecule has 0 saturated heterocycles. The number of para-hydroxylation sites is 1. The molecular formula is C13H11N3O2S. The first-order valence-corrected chi connectivity index (χ1v) is 6.40. The number of hydrogen-bond donors (Lipinski definition) is 1. The van der Waals surface area contributed by atoms with E-state index in [-0.39, 0.29) is 12.5 Å². The summed E-state index contributed by atoms with van der Waals surface area (Å²) < 4.78 is 9.17. The molecule has 1 amide bonds. The summed E-state index contributed by atoms with van der Waals surface area (Å²) in [4.78, 5) is 12.0. The molecule has 0 radical (unpaired) electrons. The molecule has 0 fully saturated rings. The van der Waals surface area contributed by atoms with E-state index in [9.17, 15) is 4.79 Å². The second-order valence-corrected chi connectivity index (χ2v) is 4.32. The molecule has 0 aliphatic carbocycles. The van der Waals surface area contributed by atoms with Gasteiger partial charge in [0.25, 0.3) is 5.91 Å². The predicted octanol–water partition coefficient (Wildman–Crippen LogP) is 1.98. The number of carbonyl (C=O) groups excluding carboxylic acids is 1. The summed E-state index contributed by atoms with van der Waals surface area (Å²) >= 11 is 1.34. The van der Waals surface area contributed by atoms with E-state index in [0.29, 0.717) is 17.9 Å². The highest BCUT2D eigenvalue weighted by atomic mass is 32.1. The van der Waals surface area contributed by atoms with E-state index in [1.807, 2.05) is 11.4 Å². The van der Waals surface area contributed by atoms with Crippen molar-refractivity contribution in [1.82, 2.24) is 9.69 Å². The van der Waals surface area contributed by atoms with Gasteiger partial charge in [0.1, 0.15) is 11.8 Å². The van der Waals surface area contributed by atoms with Crippen molar-refractivity contribution in [3.8, 4) is 11.8 Å². The number of aromatic nitrogens is 1. The highest BCUT2D eigenvalue weighted by Crippen LogP contribution is 2.17. The van der Waals surface area contributed by atoms with Gasteiger partial charge in [0, 0.05) is 23.7 Å². The second-order valence-electron chi connectivity index (χ2n) is 3.66. The van der Waals surface area contributed by atoms with Crippen molar-refractivity contribution in [3.63, 3.8) is 0 Å². The lowest BCUT2D eigenvalue weighted by atomic mass is 10.2. The minimum Gasteiger partial charge on any atom is -0.478 e. The fourth-order valence-corrected chi connectivity index (χ4v) is 2.02. The van der Waals surface area contributed by atoms with E-state index in [4.69, 9.17) is 10.00 Å². The standard InChI is InChI=1S/C13H11N3O2S/c14-5-6-18-12-4-2-1-3-11(12)13(17)15-7-10-8-16-19-9-10/h1-4,8-9H,6-7H2,(H,15,17). The van der Waals surface area contributed by atoms with Crippen LogP contribution >= 0.6 is 11.5 Å². The Balaban J connectivity index is 2.04. The lowest BCUT2D eigenvalue weighted by molar-refractivity contribution is 0.0947. The fourth-order valence-electron chi connectivity index (χ4n) is 1.48. The van der Waals surface area contributed by atoms with Crippen molar-refractivity contribution in [2.24, 2.45) is 0 Å². The van der Waals surface area contributed by atoms with Gasteiger partial charge in [0.05, 0.1) is 5.56 Å². The Morgan fingerprint density at radius 1 is 1.47 bits per heavy atom. The molecule has 2 aromatic rings. The van der Waals surface area contributed by atoms with Crippen LogP contribution < -0.4 is 10.1 Å². The Morgan fingerprint density at radius 2 is 2.32 bits per heavy atom. The lowest BCUT2D eigenvalue weighted by Crippen LogP contribution is -2.23. The normalized spacial score (nSPS) is 9.63. The van der Waals surface area contributed by atoms with Gasteiger partial charge >= 0.3 is 0 Å². The minimum absolute atomic E-state index is 0.0846. The summed E-state index contributed by atoms with van der Waals surface area (Å²) in [5, 5.41) is 13.2. The zero-order valence-corrected chi connectivity index (χ0v) is 10.8. The SMILES string of the molecule is N#CCOc1ccccc1C(=O)NCc1cnsc1. The molecule has 5 nitrogen and oxygen atoms in total. The maximum absolute atomic E-state index is 12.0. The number of rotatable bonds is 5. The largest absolute Gasteiger partial charge is 0.478 e. The molecule has 1 aromatic heterocycles. The van der Waals surface area contributed by atoms with Gasteiger partial charge in [-0.1, -0.05) is 12.1 Å². The third kappa shape index (κ3) is 3.53. The Bertz CT molecular complexity index is 590. The average molecular weight is 273 g/mol. The maximum atomic E-state index is 12.0. The van der Waals surface area contributed by atoms with Gasteiger partial charge in [0.2, 0.25) is 0 Å². The van der Waals surface area contributed by atoms with Crippen molar-refractivity contribution < 1.29 is 9.53 Å². The van der Waals surface area contributed by atoms with Crippen LogP contribution in [0, 0.1) is 11.3 Å². The van der Waals surface area contributed by atoms with Crippen LogP contribution in [-0.4, -0.2) is 16.9 Å². The summed E-state index contributed by atoms with van der Waals surface area (Å²) in [6, 6.07) is 8.71. The van der Waals surface area contributed by atoms with Crippen molar-refractivity contribution in [2.45, 2.75) is 6.54 Å². The third-order valence-corrected chi connectivity index (χ3v) is 3.00. The molecule has 0 unspecified atom stereocenters. The molecular weight excluding hydrogens is 262 g/mol. The van der Waals surface area contributed by atoms with Crippen LogP contribution in [0.3, 0.4) is 0 Å². The average Bonchev–Trinajstić information content (AvgIpc) is 2.96. The number of carbonyl (C=O) groups is 1. The summed E-state index contributed by atoms with van der Waals surface area (Å²) in [7, 11) is 0. The molecule has 0 aliphatic heterocycles. The zero-order valence-electron chi connectivity index (χ0n) is 10.00. The maximum Gasteiger partial charge on any atom is 0.255 e. The quantitative estimate of drug-likeness (QED) is 0.903. The van der Waals surface area contributed by atoms with E-state index in [0.717, 1.165) is 5.56 Å². The number of amides is 1. The van der Waals surface area contributed by atoms with Crippen LogP contribution in [-0.2, 0) is 6.54 Å². The predicted molar refractivity (Wildman–Crippen MR) is 70.8 cm³/mol. The molecule has 6 heteroatoms. The summed E-state index contributed by atoms with van der Waals surface area (Å²) in [6.07, 6.45) is 1.71. The van der Waals surface area contributed by atoms with Gasteiger partial charge in [-0.2, -0.15) is 5.26 Å². The first-order chi connectivity index (χ1) is 9.31. The molecule has 0 aliphatic rings. The molecule has 96 valence electrons. The van der Waals surface area contributed by atoms with Gasteiger partial charge < -0.3 is 10.1 Å². The fraction of sp³-hybridized carbons (Fsp3) is 0.154. The van der Waals surface area contributed by atoms with Crippen molar-refractivity contribution in [3.05, 3.63) is 47.0 Å². The van der Waals surface area contributed by atoms with Gasteiger partial charge in [-0.05, 0) is 23.7 Å². The van der Waals surface area contributed by atoms with Crippen molar-refractivity contribution >= 4 is 17.4 Å². The van der Waals surface area contributed by atoms with Crippen LogP contribution in [0.4, 0.5) is 0 Å². The van der Waals surface area contributed by atoms with E-state index in [1.54, 1.807) is 30.5 Å². The van der Waals surface area contributed by atoms with E-state index in [1.165, 1.54) is 11.5 Å². The number of hydrogen-bond acceptors (Lipinski definition) is 5. The lowest BCUT2D eigenvalue weighted by Gasteiger charge is -2.09. The van der Waals surface area contributed by atoms with Gasteiger partial charge in [0.15, 0.2) is 6.61 Å². The summed E-state index contributed by atoms with van der Waals surface area (Å²) in [5.41, 5.74) is 1.37. The molecule has 0 atom stereocenters. The molecule has 1 N–H and O–H groups in total. The molecule has 0 saturated carbocycles. The van der Waals surface area contributed by atoms with Crippen LogP contribution in [0.25, 0.3) is 0 Å². The zero-order chi connectivity index (χ0) is 13.5. The smallest absolute Gasteiger partial charge is 0.255 e. The molecule has 1 heterocycles.